The molecule has 0 saturated heterocycles. The predicted octanol–water partition coefficient (Wildman–Crippen LogP) is 2.28. The summed E-state index contributed by atoms with van der Waals surface area (Å²) in [7, 11) is 0. The van der Waals surface area contributed by atoms with Gasteiger partial charge in [-0.25, -0.2) is 4.68 Å². The third kappa shape index (κ3) is 1.99. The van der Waals surface area contributed by atoms with Gasteiger partial charge in [-0.3, -0.25) is 9.89 Å². The number of anilines is 1. The molecular formula is C15H16N4O. The molecule has 2 aromatic rings. The largest absolute Gasteiger partial charge is 0.393 e. The van der Waals surface area contributed by atoms with Crippen LogP contribution in [0, 0.1) is 11.3 Å². The summed E-state index contributed by atoms with van der Waals surface area (Å²) in [5.41, 5.74) is 8.04. The van der Waals surface area contributed by atoms with E-state index in [2.05, 4.69) is 11.2 Å². The molecule has 1 aliphatic carbocycles. The van der Waals surface area contributed by atoms with Crippen molar-refractivity contribution in [1.82, 2.24) is 9.78 Å². The van der Waals surface area contributed by atoms with Crippen LogP contribution in [0.15, 0.2) is 29.1 Å². The Morgan fingerprint density at radius 1 is 1.35 bits per heavy atom. The Labute approximate surface area is 116 Å². The maximum absolute atomic E-state index is 12.3. The van der Waals surface area contributed by atoms with Crippen LogP contribution < -0.4 is 11.3 Å². The van der Waals surface area contributed by atoms with Gasteiger partial charge >= 0.3 is 0 Å². The lowest BCUT2D eigenvalue weighted by Crippen LogP contribution is -2.16. The maximum Gasteiger partial charge on any atom is 0.294 e. The second-order valence-electron chi connectivity index (χ2n) is 5.22. The van der Waals surface area contributed by atoms with E-state index in [1.807, 2.05) is 0 Å². The molecule has 0 radical (unpaired) electrons. The van der Waals surface area contributed by atoms with Crippen molar-refractivity contribution in [2.24, 2.45) is 0 Å². The highest BCUT2D eigenvalue weighted by Crippen LogP contribution is 2.34. The Balaban J connectivity index is 2.08. The minimum atomic E-state index is -0.234. The third-order valence-corrected chi connectivity index (χ3v) is 3.95. The first-order valence-electron chi connectivity index (χ1n) is 6.81. The first kappa shape index (κ1) is 12.5. The van der Waals surface area contributed by atoms with Crippen LogP contribution in [0.2, 0.25) is 0 Å². The van der Waals surface area contributed by atoms with Crippen molar-refractivity contribution in [1.29, 1.82) is 5.26 Å². The fourth-order valence-corrected chi connectivity index (χ4v) is 2.89. The number of aromatic amines is 1. The molecule has 1 aromatic carbocycles. The van der Waals surface area contributed by atoms with Gasteiger partial charge in [0.25, 0.3) is 5.56 Å². The maximum atomic E-state index is 12.3. The lowest BCUT2D eigenvalue weighted by Gasteiger charge is -2.07. The van der Waals surface area contributed by atoms with E-state index in [1.165, 1.54) is 17.5 Å². The topological polar surface area (TPSA) is 87.6 Å². The van der Waals surface area contributed by atoms with Crippen molar-refractivity contribution in [2.45, 2.75) is 31.6 Å². The summed E-state index contributed by atoms with van der Waals surface area (Å²) in [6, 6.07) is 9.00. The molecule has 3 N–H and O–H groups in total. The summed E-state index contributed by atoms with van der Waals surface area (Å²) >= 11 is 0. The van der Waals surface area contributed by atoms with Crippen LogP contribution in [0.4, 0.5) is 5.69 Å². The van der Waals surface area contributed by atoms with Crippen molar-refractivity contribution in [3.8, 4) is 11.8 Å². The molecule has 0 bridgehead atoms. The number of nitrogens with two attached hydrogens (primary N) is 1. The number of hydrogen-bond acceptors (Lipinski definition) is 3. The molecule has 102 valence electrons. The Bertz CT molecular complexity index is 729. The number of nitrogens with one attached hydrogen (secondary N) is 1. The zero-order valence-corrected chi connectivity index (χ0v) is 11.1. The first-order chi connectivity index (χ1) is 9.70. The van der Waals surface area contributed by atoms with Gasteiger partial charge in [0.15, 0.2) is 0 Å². The number of nitrogen functional groups attached to an aromatic ring is 1. The quantitative estimate of drug-likeness (QED) is 0.875. The van der Waals surface area contributed by atoms with Crippen LogP contribution in [0.1, 0.15) is 42.9 Å². The van der Waals surface area contributed by atoms with E-state index < -0.39 is 0 Å². The second kappa shape index (κ2) is 4.89. The SMILES string of the molecule is N#Cc1cccc(-n2[nH]c(C3CCCC3)c(N)c2=O)c1. The fourth-order valence-electron chi connectivity index (χ4n) is 2.89. The van der Waals surface area contributed by atoms with Gasteiger partial charge < -0.3 is 5.73 Å². The predicted molar refractivity (Wildman–Crippen MR) is 76.7 cm³/mol. The van der Waals surface area contributed by atoms with Crippen LogP contribution in [0.3, 0.4) is 0 Å². The van der Waals surface area contributed by atoms with Gasteiger partial charge in [0.05, 0.1) is 23.0 Å². The van der Waals surface area contributed by atoms with Gasteiger partial charge in [0.2, 0.25) is 0 Å². The monoisotopic (exact) mass is 268 g/mol. The van der Waals surface area contributed by atoms with Crippen molar-refractivity contribution >= 4 is 5.69 Å². The van der Waals surface area contributed by atoms with Crippen molar-refractivity contribution < 1.29 is 0 Å². The first-order valence-corrected chi connectivity index (χ1v) is 6.81. The number of H-pyrrole nitrogens is 1. The summed E-state index contributed by atoms with van der Waals surface area (Å²) in [6.45, 7) is 0. The Hall–Kier alpha value is -2.48. The van der Waals surface area contributed by atoms with E-state index in [9.17, 15) is 4.79 Å². The molecule has 0 aliphatic heterocycles. The minimum absolute atomic E-state index is 0.234. The van der Waals surface area contributed by atoms with E-state index in [0.717, 1.165) is 18.5 Å². The summed E-state index contributed by atoms with van der Waals surface area (Å²) in [5.74, 6) is 0.350. The average molecular weight is 268 g/mol. The zero-order chi connectivity index (χ0) is 14.1. The van der Waals surface area contributed by atoms with E-state index in [0.29, 0.717) is 22.9 Å². The molecule has 1 aromatic heterocycles. The zero-order valence-electron chi connectivity index (χ0n) is 11.1. The summed E-state index contributed by atoms with van der Waals surface area (Å²) in [4.78, 5) is 12.3. The highest BCUT2D eigenvalue weighted by molar-refractivity contribution is 5.48. The Kier molecular flexibility index (Phi) is 3.07. The van der Waals surface area contributed by atoms with E-state index in [4.69, 9.17) is 11.0 Å². The van der Waals surface area contributed by atoms with Crippen LogP contribution >= 0.6 is 0 Å². The molecule has 3 rings (SSSR count). The van der Waals surface area contributed by atoms with Crippen LogP contribution in [0.5, 0.6) is 0 Å². The standard InChI is InChI=1S/C15H16N4O/c16-9-10-4-3-7-12(8-10)19-15(20)13(17)14(18-19)11-5-1-2-6-11/h3-4,7-8,11,18H,1-2,5-6,17H2. The van der Waals surface area contributed by atoms with Crippen LogP contribution in [-0.4, -0.2) is 9.78 Å². The molecule has 5 nitrogen and oxygen atoms in total. The minimum Gasteiger partial charge on any atom is -0.393 e. The third-order valence-electron chi connectivity index (χ3n) is 3.95. The lowest BCUT2D eigenvalue weighted by atomic mass is 10.0. The van der Waals surface area contributed by atoms with Gasteiger partial charge in [-0.1, -0.05) is 18.9 Å². The van der Waals surface area contributed by atoms with E-state index in [1.54, 1.807) is 24.3 Å². The molecule has 1 fully saturated rings. The summed E-state index contributed by atoms with van der Waals surface area (Å²) in [6.07, 6.45) is 4.51. The van der Waals surface area contributed by atoms with Crippen LogP contribution in [-0.2, 0) is 0 Å². The van der Waals surface area contributed by atoms with Crippen molar-refractivity contribution in [2.75, 3.05) is 5.73 Å². The van der Waals surface area contributed by atoms with E-state index in [-0.39, 0.29) is 5.56 Å². The number of nitriles is 1. The number of aromatic nitrogens is 2. The Morgan fingerprint density at radius 3 is 2.80 bits per heavy atom. The summed E-state index contributed by atoms with van der Waals surface area (Å²) in [5, 5.41) is 12.1. The molecule has 1 aliphatic rings. The van der Waals surface area contributed by atoms with Gasteiger partial charge in [-0.15, -0.1) is 0 Å². The molecule has 20 heavy (non-hydrogen) atoms. The highest BCUT2D eigenvalue weighted by atomic mass is 16.1. The molecule has 5 heteroatoms. The van der Waals surface area contributed by atoms with Gasteiger partial charge in [-0.05, 0) is 31.0 Å². The lowest BCUT2D eigenvalue weighted by molar-refractivity contribution is 0.678. The molecular weight excluding hydrogens is 252 g/mol. The van der Waals surface area contributed by atoms with Crippen LogP contribution in [0.25, 0.3) is 5.69 Å². The molecule has 0 spiro atoms. The molecule has 0 unspecified atom stereocenters. The molecule has 1 heterocycles. The number of hydrogen-bond donors (Lipinski definition) is 2. The van der Waals surface area contributed by atoms with Crippen molar-refractivity contribution in [3.63, 3.8) is 0 Å². The summed E-state index contributed by atoms with van der Waals surface area (Å²) < 4.78 is 1.43. The van der Waals surface area contributed by atoms with E-state index >= 15 is 0 Å². The van der Waals surface area contributed by atoms with Gasteiger partial charge in [-0.2, -0.15) is 5.26 Å². The Morgan fingerprint density at radius 2 is 2.10 bits per heavy atom. The smallest absolute Gasteiger partial charge is 0.294 e. The number of nitrogens with zero attached hydrogens (tertiary/aromatic N) is 2. The average Bonchev–Trinajstić information content (AvgIpc) is 3.09. The van der Waals surface area contributed by atoms with Gasteiger partial charge in [0, 0.05) is 5.92 Å². The second-order valence-corrected chi connectivity index (χ2v) is 5.22. The highest BCUT2D eigenvalue weighted by Gasteiger charge is 2.23. The molecule has 0 amide bonds. The molecule has 1 saturated carbocycles. The fraction of sp³-hybridized carbons (Fsp3) is 0.333. The normalized spacial score (nSPS) is 15.3. The van der Waals surface area contributed by atoms with Gasteiger partial charge in [0.1, 0.15) is 5.69 Å². The molecule has 0 atom stereocenters. The number of rotatable bonds is 2. The van der Waals surface area contributed by atoms with Crippen molar-refractivity contribution in [3.05, 3.63) is 45.9 Å². The number of benzene rings is 1.